The van der Waals surface area contributed by atoms with Crippen molar-refractivity contribution in [1.29, 1.82) is 0 Å². The summed E-state index contributed by atoms with van der Waals surface area (Å²) in [6, 6.07) is 8.84. The van der Waals surface area contributed by atoms with Crippen LogP contribution in [0.1, 0.15) is 11.4 Å². The molecule has 3 aromatic rings. The van der Waals surface area contributed by atoms with E-state index in [2.05, 4.69) is 49.9 Å². The van der Waals surface area contributed by atoms with Gasteiger partial charge in [-0.1, -0.05) is 6.07 Å². The monoisotopic (exact) mass is 268 g/mol. The van der Waals surface area contributed by atoms with Gasteiger partial charge in [0.25, 0.3) is 0 Å². The predicted molar refractivity (Wildman–Crippen MR) is 81.6 cm³/mol. The van der Waals surface area contributed by atoms with E-state index in [1.54, 1.807) is 0 Å². The van der Waals surface area contributed by atoms with Gasteiger partial charge in [-0.3, -0.25) is 0 Å². The number of rotatable bonds is 5. The average molecular weight is 268 g/mol. The highest BCUT2D eigenvalue weighted by Crippen LogP contribution is 2.18. The van der Waals surface area contributed by atoms with Crippen LogP contribution in [-0.4, -0.2) is 21.2 Å². The molecule has 0 aliphatic rings. The molecule has 0 amide bonds. The first-order valence-corrected chi connectivity index (χ1v) is 6.96. The van der Waals surface area contributed by atoms with Crippen LogP contribution in [0.15, 0.2) is 42.9 Å². The van der Waals surface area contributed by atoms with Crippen molar-refractivity contribution >= 4 is 10.9 Å². The van der Waals surface area contributed by atoms with Gasteiger partial charge < -0.3 is 14.5 Å². The fourth-order valence-corrected chi connectivity index (χ4v) is 2.62. The minimum Gasteiger partial charge on any atom is -0.347 e. The number of nitrogens with one attached hydrogen (secondary N) is 1. The summed E-state index contributed by atoms with van der Waals surface area (Å²) in [7, 11) is 4.02. The molecule has 0 fully saturated rings. The Hall–Kier alpha value is -2.07. The minimum atomic E-state index is 0.911. The normalized spacial score (nSPS) is 11.3. The molecule has 4 nitrogen and oxygen atoms in total. The van der Waals surface area contributed by atoms with Gasteiger partial charge in [-0.15, -0.1) is 0 Å². The molecule has 0 atom stereocenters. The van der Waals surface area contributed by atoms with E-state index in [1.807, 2.05) is 26.5 Å². The van der Waals surface area contributed by atoms with Crippen molar-refractivity contribution in [3.8, 4) is 0 Å². The van der Waals surface area contributed by atoms with E-state index in [-0.39, 0.29) is 0 Å². The maximum absolute atomic E-state index is 4.38. The van der Waals surface area contributed by atoms with Crippen LogP contribution < -0.4 is 5.32 Å². The molecular formula is C16H20N4. The van der Waals surface area contributed by atoms with E-state index in [0.29, 0.717) is 0 Å². The molecule has 0 aliphatic heterocycles. The Balaban J connectivity index is 1.80. The number of benzene rings is 1. The van der Waals surface area contributed by atoms with E-state index >= 15 is 0 Å². The summed E-state index contributed by atoms with van der Waals surface area (Å²) in [4.78, 5) is 4.38. The Morgan fingerprint density at radius 3 is 2.85 bits per heavy atom. The summed E-state index contributed by atoms with van der Waals surface area (Å²) >= 11 is 0. The number of fused-ring (bicyclic) bond motifs is 1. The predicted octanol–water partition coefficient (Wildman–Crippen LogP) is 2.34. The lowest BCUT2D eigenvalue weighted by Crippen LogP contribution is -2.06. The van der Waals surface area contributed by atoms with Crippen LogP contribution in [0.25, 0.3) is 10.9 Å². The maximum atomic E-state index is 4.38. The quantitative estimate of drug-likeness (QED) is 0.771. The third kappa shape index (κ3) is 2.47. The Morgan fingerprint density at radius 1 is 1.20 bits per heavy atom. The van der Waals surface area contributed by atoms with Gasteiger partial charge in [-0.05, 0) is 36.2 Å². The summed E-state index contributed by atoms with van der Waals surface area (Å²) in [5, 5.41) is 4.49. The molecule has 0 bridgehead atoms. The zero-order valence-electron chi connectivity index (χ0n) is 12.0. The Morgan fingerprint density at radius 2 is 2.10 bits per heavy atom. The molecule has 4 heteroatoms. The number of aromatic nitrogens is 3. The SMILES string of the molecule is CNCc1ccc2c(ccn2CCc2nccn2C)c1. The molecule has 0 aliphatic carbocycles. The fourth-order valence-electron chi connectivity index (χ4n) is 2.62. The first-order chi connectivity index (χ1) is 9.78. The Kier molecular flexibility index (Phi) is 3.56. The molecule has 20 heavy (non-hydrogen) atoms. The van der Waals surface area contributed by atoms with Crippen LogP contribution in [0.2, 0.25) is 0 Å². The smallest absolute Gasteiger partial charge is 0.110 e. The van der Waals surface area contributed by atoms with E-state index in [1.165, 1.54) is 16.5 Å². The van der Waals surface area contributed by atoms with Gasteiger partial charge in [-0.25, -0.2) is 4.98 Å². The second-order valence-corrected chi connectivity index (χ2v) is 5.14. The van der Waals surface area contributed by atoms with Crippen LogP contribution in [-0.2, 0) is 26.6 Å². The second-order valence-electron chi connectivity index (χ2n) is 5.14. The molecule has 0 unspecified atom stereocenters. The second kappa shape index (κ2) is 5.51. The van der Waals surface area contributed by atoms with E-state index in [9.17, 15) is 0 Å². The van der Waals surface area contributed by atoms with E-state index < -0.39 is 0 Å². The summed E-state index contributed by atoms with van der Waals surface area (Å²) in [5.74, 6) is 1.12. The minimum absolute atomic E-state index is 0.911. The number of imidazole rings is 1. The van der Waals surface area contributed by atoms with Crippen LogP contribution >= 0.6 is 0 Å². The number of nitrogens with zero attached hydrogens (tertiary/aromatic N) is 3. The summed E-state index contributed by atoms with van der Waals surface area (Å²) in [6.45, 7) is 1.87. The van der Waals surface area contributed by atoms with Gasteiger partial charge in [0, 0.05) is 50.7 Å². The molecule has 104 valence electrons. The van der Waals surface area contributed by atoms with Crippen LogP contribution in [0.3, 0.4) is 0 Å². The van der Waals surface area contributed by atoms with Crippen molar-refractivity contribution in [3.05, 3.63) is 54.2 Å². The van der Waals surface area contributed by atoms with Crippen molar-refractivity contribution < 1.29 is 0 Å². The summed E-state index contributed by atoms with van der Waals surface area (Å²) in [6.07, 6.45) is 6.96. The summed E-state index contributed by atoms with van der Waals surface area (Å²) < 4.78 is 4.38. The number of hydrogen-bond acceptors (Lipinski definition) is 2. The molecule has 0 radical (unpaired) electrons. The lowest BCUT2D eigenvalue weighted by molar-refractivity contribution is 0.668. The third-order valence-corrected chi connectivity index (χ3v) is 3.71. The highest BCUT2D eigenvalue weighted by Gasteiger charge is 2.04. The topological polar surface area (TPSA) is 34.8 Å². The average Bonchev–Trinajstić information content (AvgIpc) is 3.03. The highest BCUT2D eigenvalue weighted by molar-refractivity contribution is 5.80. The fraction of sp³-hybridized carbons (Fsp3) is 0.312. The summed E-state index contributed by atoms with van der Waals surface area (Å²) in [5.41, 5.74) is 2.61. The molecule has 2 aromatic heterocycles. The van der Waals surface area contributed by atoms with Gasteiger partial charge in [0.15, 0.2) is 0 Å². The van der Waals surface area contributed by atoms with Crippen molar-refractivity contribution in [1.82, 2.24) is 19.4 Å². The van der Waals surface area contributed by atoms with E-state index in [0.717, 1.165) is 25.3 Å². The van der Waals surface area contributed by atoms with Gasteiger partial charge in [-0.2, -0.15) is 0 Å². The largest absolute Gasteiger partial charge is 0.347 e. The molecule has 2 heterocycles. The van der Waals surface area contributed by atoms with Crippen molar-refractivity contribution in [2.75, 3.05) is 7.05 Å². The molecule has 3 rings (SSSR count). The van der Waals surface area contributed by atoms with Gasteiger partial charge in [0.1, 0.15) is 5.82 Å². The maximum Gasteiger partial charge on any atom is 0.110 e. The lowest BCUT2D eigenvalue weighted by Gasteiger charge is -2.07. The van der Waals surface area contributed by atoms with Crippen molar-refractivity contribution in [3.63, 3.8) is 0 Å². The zero-order valence-corrected chi connectivity index (χ0v) is 12.0. The molecule has 0 spiro atoms. The zero-order chi connectivity index (χ0) is 13.9. The van der Waals surface area contributed by atoms with Crippen LogP contribution in [0.4, 0.5) is 0 Å². The van der Waals surface area contributed by atoms with Crippen LogP contribution in [0, 0.1) is 0 Å². The molecule has 1 aromatic carbocycles. The standard InChI is InChI=1S/C16H20N4/c1-17-12-13-3-4-15-14(11-13)5-8-20(15)9-6-16-18-7-10-19(16)2/h3-5,7-8,10-11,17H,6,9,12H2,1-2H3. The molecule has 1 N–H and O–H groups in total. The molecule has 0 saturated carbocycles. The first-order valence-electron chi connectivity index (χ1n) is 6.96. The Bertz CT molecular complexity index is 708. The van der Waals surface area contributed by atoms with Gasteiger partial charge in [0.05, 0.1) is 0 Å². The Labute approximate surface area is 119 Å². The molecular weight excluding hydrogens is 248 g/mol. The van der Waals surface area contributed by atoms with Crippen molar-refractivity contribution in [2.24, 2.45) is 7.05 Å². The number of hydrogen-bond donors (Lipinski definition) is 1. The lowest BCUT2D eigenvalue weighted by atomic mass is 10.1. The first kappa shape index (κ1) is 12.9. The highest BCUT2D eigenvalue weighted by atomic mass is 15.0. The van der Waals surface area contributed by atoms with E-state index in [4.69, 9.17) is 0 Å². The van der Waals surface area contributed by atoms with Gasteiger partial charge >= 0.3 is 0 Å². The number of aryl methyl sites for hydroxylation is 3. The van der Waals surface area contributed by atoms with Gasteiger partial charge in [0.2, 0.25) is 0 Å². The third-order valence-electron chi connectivity index (χ3n) is 3.71. The molecule has 0 saturated heterocycles. The van der Waals surface area contributed by atoms with Crippen LogP contribution in [0.5, 0.6) is 0 Å². The van der Waals surface area contributed by atoms with Crippen molar-refractivity contribution in [2.45, 2.75) is 19.5 Å².